The summed E-state index contributed by atoms with van der Waals surface area (Å²) in [4.78, 5) is 82.3. The lowest BCUT2D eigenvalue weighted by atomic mass is 9.85. The van der Waals surface area contributed by atoms with Crippen LogP contribution in [0.4, 0.5) is 0 Å². The summed E-state index contributed by atoms with van der Waals surface area (Å²) in [5.41, 5.74) is 5.15. The minimum Gasteiger partial charge on any atom is -0.508 e. The van der Waals surface area contributed by atoms with Crippen molar-refractivity contribution in [3.63, 3.8) is 0 Å². The molecule has 5 amide bonds. The number of guanidine groups is 1. The second-order valence-corrected chi connectivity index (χ2v) is 16.7. The van der Waals surface area contributed by atoms with Crippen LogP contribution in [0.5, 0.6) is 5.75 Å². The molecule has 1 aromatic rings. The maximum Gasteiger partial charge on any atom is 0.326 e. The quantitative estimate of drug-likeness (QED) is 0.0427. The number of aromatic hydroxyl groups is 1. The highest BCUT2D eigenvalue weighted by atomic mass is 16.4. The van der Waals surface area contributed by atoms with Crippen LogP contribution in [0, 0.1) is 16.7 Å². The molecule has 1 saturated heterocycles. The van der Waals surface area contributed by atoms with Gasteiger partial charge in [-0.05, 0) is 93.4 Å². The number of amides is 5. The normalized spacial score (nSPS) is 17.5. The number of nitrogens with two attached hydrogens (primary N) is 1. The third kappa shape index (κ3) is 16.2. The molecular formula is C40H65N9O8. The van der Waals surface area contributed by atoms with Gasteiger partial charge in [0.2, 0.25) is 29.5 Å². The number of nitrogens with one attached hydrogen (secondary N) is 7. The molecule has 57 heavy (non-hydrogen) atoms. The Labute approximate surface area is 335 Å². The number of phenolic OH excluding ortho intramolecular Hbond substituents is 1. The van der Waals surface area contributed by atoms with Gasteiger partial charge in [0.1, 0.15) is 36.0 Å². The van der Waals surface area contributed by atoms with Crippen LogP contribution in [-0.2, 0) is 35.2 Å². The molecule has 5 atom stereocenters. The van der Waals surface area contributed by atoms with Gasteiger partial charge in [-0.15, -0.1) is 0 Å². The third-order valence-corrected chi connectivity index (χ3v) is 10.0. The van der Waals surface area contributed by atoms with Gasteiger partial charge in [-0.1, -0.05) is 46.8 Å². The van der Waals surface area contributed by atoms with E-state index in [0.717, 1.165) is 13.0 Å². The summed E-state index contributed by atoms with van der Waals surface area (Å²) in [6.45, 7) is 10.2. The zero-order valence-electron chi connectivity index (χ0n) is 34.1. The number of benzene rings is 1. The Hall–Kier alpha value is -4.93. The number of phenols is 1. The molecule has 0 unspecified atom stereocenters. The van der Waals surface area contributed by atoms with Crippen molar-refractivity contribution in [2.45, 2.75) is 141 Å². The molecule has 3 rings (SSSR count). The summed E-state index contributed by atoms with van der Waals surface area (Å²) in [7, 11) is 0. The fourth-order valence-corrected chi connectivity index (χ4v) is 6.77. The number of carbonyl (C=O) groups is 6. The molecule has 1 saturated carbocycles. The van der Waals surface area contributed by atoms with E-state index in [4.69, 9.17) is 11.1 Å². The number of hydrogen-bond acceptors (Lipinski definition) is 9. The highest BCUT2D eigenvalue weighted by Gasteiger charge is 2.40. The SMILES string of the molecule is CC(C)C[C@H](NC(=O)[C@@H](NC(=O)[C@H](Cc1ccc(O)cc1)NC(=O)[C@@H]1CCCN1C(=O)[C@H](CCCNC(=N)N)NC(=O)CCCCNC1CC1)C(C)(C)C)C(=O)O. The molecule has 1 heterocycles. The number of hydrogen-bond donors (Lipinski definition) is 10. The van der Waals surface area contributed by atoms with Crippen LogP contribution < -0.4 is 37.6 Å². The van der Waals surface area contributed by atoms with Crippen LogP contribution in [0.25, 0.3) is 0 Å². The number of carboxylic acids is 1. The Morgan fingerprint density at radius 1 is 0.877 bits per heavy atom. The first-order chi connectivity index (χ1) is 26.8. The highest BCUT2D eigenvalue weighted by Crippen LogP contribution is 2.23. The van der Waals surface area contributed by atoms with Crippen molar-refractivity contribution in [3.05, 3.63) is 29.8 Å². The van der Waals surface area contributed by atoms with Gasteiger partial charge in [0.15, 0.2) is 5.96 Å². The molecule has 1 aliphatic heterocycles. The van der Waals surface area contributed by atoms with E-state index >= 15 is 0 Å². The molecule has 17 heteroatoms. The van der Waals surface area contributed by atoms with E-state index in [1.54, 1.807) is 32.9 Å². The van der Waals surface area contributed by atoms with Gasteiger partial charge < -0.3 is 52.7 Å². The topological polar surface area (TPSA) is 268 Å². The zero-order valence-corrected chi connectivity index (χ0v) is 34.1. The van der Waals surface area contributed by atoms with E-state index in [2.05, 4.69) is 31.9 Å². The van der Waals surface area contributed by atoms with Gasteiger partial charge in [0, 0.05) is 32.0 Å². The van der Waals surface area contributed by atoms with Crippen molar-refractivity contribution in [2.75, 3.05) is 19.6 Å². The number of carbonyl (C=O) groups excluding carboxylic acids is 5. The van der Waals surface area contributed by atoms with Gasteiger partial charge >= 0.3 is 5.97 Å². The standard InChI is InChI=1S/C40H65N9O8/c1-24(2)22-30(38(56)57)47-36(54)33(40(3,4)5)48-34(52)29(23-25-13-17-27(50)18-14-25)46-35(53)31-11-9-21-49(31)37(55)28(10-8-20-44-39(41)42)45-32(51)12-6-7-19-43-26-15-16-26/h13-14,17-18,24,26,28-31,33,43,50H,6-12,15-16,19-23H2,1-5H3,(H,45,51)(H,46,53)(H,47,54)(H,48,52)(H,56,57)(H4,41,42,44)/t28-,29-,30-,31-,33+/m0/s1. The fraction of sp³-hybridized carbons (Fsp3) is 0.675. The van der Waals surface area contributed by atoms with E-state index in [-0.39, 0.29) is 55.8 Å². The summed E-state index contributed by atoms with van der Waals surface area (Å²) in [5.74, 6) is -4.12. The van der Waals surface area contributed by atoms with E-state index < -0.39 is 65.2 Å². The molecular weight excluding hydrogens is 734 g/mol. The average molecular weight is 800 g/mol. The molecule has 0 spiro atoms. The molecule has 2 fully saturated rings. The molecule has 0 aromatic heterocycles. The highest BCUT2D eigenvalue weighted by molar-refractivity contribution is 5.96. The Kier molecular flexibility index (Phi) is 18.0. The lowest BCUT2D eigenvalue weighted by Crippen LogP contribution is -2.61. The zero-order chi connectivity index (χ0) is 42.3. The average Bonchev–Trinajstić information content (AvgIpc) is 3.82. The maximum absolute atomic E-state index is 14.1. The molecule has 1 aliphatic carbocycles. The van der Waals surface area contributed by atoms with E-state index in [0.29, 0.717) is 43.8 Å². The summed E-state index contributed by atoms with van der Waals surface area (Å²) < 4.78 is 0. The fourth-order valence-electron chi connectivity index (χ4n) is 6.77. The van der Waals surface area contributed by atoms with Crippen LogP contribution in [-0.4, -0.2) is 112 Å². The lowest BCUT2D eigenvalue weighted by molar-refractivity contribution is -0.143. The van der Waals surface area contributed by atoms with Crippen molar-refractivity contribution in [3.8, 4) is 5.75 Å². The Morgan fingerprint density at radius 3 is 2.16 bits per heavy atom. The third-order valence-electron chi connectivity index (χ3n) is 10.0. The molecule has 2 aliphatic rings. The minimum atomic E-state index is -1.23. The first-order valence-corrected chi connectivity index (χ1v) is 20.2. The maximum atomic E-state index is 14.1. The van der Waals surface area contributed by atoms with Gasteiger partial charge in [-0.2, -0.15) is 0 Å². The van der Waals surface area contributed by atoms with E-state index in [1.165, 1.54) is 29.9 Å². The minimum absolute atomic E-state index is 0.00653. The van der Waals surface area contributed by atoms with Crippen LogP contribution in [0.15, 0.2) is 24.3 Å². The van der Waals surface area contributed by atoms with Crippen molar-refractivity contribution in [1.82, 2.24) is 36.8 Å². The second kappa shape index (κ2) is 22.1. The second-order valence-electron chi connectivity index (χ2n) is 16.7. The number of aliphatic carboxylic acids is 1. The Morgan fingerprint density at radius 2 is 1.56 bits per heavy atom. The smallest absolute Gasteiger partial charge is 0.326 e. The van der Waals surface area contributed by atoms with Crippen LogP contribution in [0.3, 0.4) is 0 Å². The molecule has 11 N–H and O–H groups in total. The van der Waals surface area contributed by atoms with Gasteiger partial charge in [0.05, 0.1) is 0 Å². The Balaban J connectivity index is 1.79. The predicted molar refractivity (Wildman–Crippen MR) is 215 cm³/mol. The molecule has 0 bridgehead atoms. The predicted octanol–water partition coefficient (Wildman–Crippen LogP) is 1.23. The van der Waals surface area contributed by atoms with Gasteiger partial charge in [0.25, 0.3) is 0 Å². The monoisotopic (exact) mass is 799 g/mol. The number of carboxylic acid groups (broad SMARTS) is 1. The Bertz CT molecular complexity index is 1540. The molecule has 318 valence electrons. The van der Waals surface area contributed by atoms with Crippen LogP contribution >= 0.6 is 0 Å². The van der Waals surface area contributed by atoms with E-state index in [1.807, 2.05) is 13.8 Å². The van der Waals surface area contributed by atoms with E-state index in [9.17, 15) is 39.0 Å². The molecule has 17 nitrogen and oxygen atoms in total. The number of unbranched alkanes of at least 4 members (excludes halogenated alkanes) is 1. The number of likely N-dealkylation sites (tertiary alicyclic amines) is 1. The van der Waals surface area contributed by atoms with Crippen LogP contribution in [0.2, 0.25) is 0 Å². The van der Waals surface area contributed by atoms with Crippen LogP contribution in [0.1, 0.15) is 104 Å². The van der Waals surface area contributed by atoms with Gasteiger partial charge in [-0.3, -0.25) is 29.4 Å². The van der Waals surface area contributed by atoms with Crippen molar-refractivity contribution < 1.29 is 39.0 Å². The summed E-state index contributed by atoms with van der Waals surface area (Å²) in [6, 6.07) is 1.19. The summed E-state index contributed by atoms with van der Waals surface area (Å²) in [6.07, 6.45) is 5.68. The van der Waals surface area contributed by atoms with Gasteiger partial charge in [-0.25, -0.2) is 4.79 Å². The molecule has 0 radical (unpaired) electrons. The number of nitrogens with zero attached hydrogens (tertiary/aromatic N) is 1. The summed E-state index contributed by atoms with van der Waals surface area (Å²) >= 11 is 0. The first-order valence-electron chi connectivity index (χ1n) is 20.2. The summed E-state index contributed by atoms with van der Waals surface area (Å²) in [5, 5.41) is 44.2. The molecule has 1 aromatic carbocycles. The number of rotatable bonds is 23. The van der Waals surface area contributed by atoms with Crippen molar-refractivity contribution in [1.29, 1.82) is 5.41 Å². The van der Waals surface area contributed by atoms with Crippen molar-refractivity contribution in [2.24, 2.45) is 17.1 Å². The largest absolute Gasteiger partial charge is 0.508 e. The lowest BCUT2D eigenvalue weighted by Gasteiger charge is -2.33. The first kappa shape index (κ1) is 46.5. The van der Waals surface area contributed by atoms with Crippen molar-refractivity contribution >= 4 is 41.5 Å².